The summed E-state index contributed by atoms with van der Waals surface area (Å²) in [6.45, 7) is 6.46. The molecule has 2 N–H and O–H groups in total. The van der Waals surface area contributed by atoms with Crippen LogP contribution in [0.5, 0.6) is 0 Å². The summed E-state index contributed by atoms with van der Waals surface area (Å²) in [6.07, 6.45) is 4.71. The first-order valence-corrected chi connectivity index (χ1v) is 7.66. The summed E-state index contributed by atoms with van der Waals surface area (Å²) in [7, 11) is 1.89. The van der Waals surface area contributed by atoms with Gasteiger partial charge in [-0.1, -0.05) is 6.92 Å². The van der Waals surface area contributed by atoms with Crippen LogP contribution in [0.2, 0.25) is 0 Å². The minimum Gasteiger partial charge on any atom is -0.373 e. The maximum Gasteiger partial charge on any atom is 0.216 e. The first kappa shape index (κ1) is 15.5. The molecule has 0 unspecified atom stereocenters. The fourth-order valence-electron chi connectivity index (χ4n) is 2.85. The van der Waals surface area contributed by atoms with Gasteiger partial charge in [-0.15, -0.1) is 0 Å². The van der Waals surface area contributed by atoms with E-state index in [0.717, 1.165) is 50.5 Å². The van der Waals surface area contributed by atoms with E-state index >= 15 is 0 Å². The Morgan fingerprint density at radius 3 is 2.67 bits per heavy atom. The van der Waals surface area contributed by atoms with Crippen LogP contribution in [0.1, 0.15) is 32.3 Å². The number of carbonyl (C=O) groups excluding carboxylic acids is 1. The number of nitrogens with one attached hydrogen (secondary N) is 2. The number of nitrogens with zero attached hydrogens (tertiary/aromatic N) is 3. The average Bonchev–Trinajstić information content (AvgIpc) is 2.52. The smallest absolute Gasteiger partial charge is 0.216 e. The predicted molar refractivity (Wildman–Crippen MR) is 84.6 cm³/mol. The van der Waals surface area contributed by atoms with E-state index in [1.54, 1.807) is 13.3 Å². The third-order valence-electron chi connectivity index (χ3n) is 4.07. The Labute approximate surface area is 126 Å². The molecule has 116 valence electrons. The second-order valence-corrected chi connectivity index (χ2v) is 5.50. The first-order valence-electron chi connectivity index (χ1n) is 7.66. The molecule has 0 aromatic carbocycles. The molecule has 6 nitrogen and oxygen atoms in total. The fraction of sp³-hybridized carbons (Fsp3) is 0.667. The van der Waals surface area contributed by atoms with E-state index in [4.69, 9.17) is 0 Å². The fourth-order valence-corrected chi connectivity index (χ4v) is 2.85. The van der Waals surface area contributed by atoms with Crippen molar-refractivity contribution in [3.8, 4) is 0 Å². The van der Waals surface area contributed by atoms with Crippen molar-refractivity contribution in [3.63, 3.8) is 0 Å². The molecule has 0 aliphatic carbocycles. The van der Waals surface area contributed by atoms with E-state index in [1.165, 1.54) is 5.56 Å². The van der Waals surface area contributed by atoms with Crippen LogP contribution in [0.15, 0.2) is 6.33 Å². The molecule has 0 atom stereocenters. The maximum absolute atomic E-state index is 11.0. The summed E-state index contributed by atoms with van der Waals surface area (Å²) in [5, 5.41) is 6.06. The van der Waals surface area contributed by atoms with E-state index < -0.39 is 0 Å². The molecule has 21 heavy (non-hydrogen) atoms. The van der Waals surface area contributed by atoms with Gasteiger partial charge < -0.3 is 15.5 Å². The van der Waals surface area contributed by atoms with Gasteiger partial charge in [-0.25, -0.2) is 9.97 Å². The van der Waals surface area contributed by atoms with Gasteiger partial charge >= 0.3 is 0 Å². The normalized spacial score (nSPS) is 15.9. The van der Waals surface area contributed by atoms with Crippen molar-refractivity contribution in [2.75, 3.05) is 36.9 Å². The summed E-state index contributed by atoms with van der Waals surface area (Å²) >= 11 is 0. The van der Waals surface area contributed by atoms with Gasteiger partial charge in [0.1, 0.15) is 18.0 Å². The summed E-state index contributed by atoms with van der Waals surface area (Å²) in [4.78, 5) is 22.1. The van der Waals surface area contributed by atoms with E-state index in [-0.39, 0.29) is 5.91 Å². The van der Waals surface area contributed by atoms with Gasteiger partial charge in [0, 0.05) is 39.2 Å². The molecular weight excluding hydrogens is 266 g/mol. The second-order valence-electron chi connectivity index (χ2n) is 5.50. The monoisotopic (exact) mass is 291 g/mol. The predicted octanol–water partition coefficient (Wildman–Crippen LogP) is 1.43. The van der Waals surface area contributed by atoms with Crippen molar-refractivity contribution in [1.29, 1.82) is 0 Å². The van der Waals surface area contributed by atoms with Gasteiger partial charge in [0.2, 0.25) is 5.91 Å². The molecule has 1 aliphatic heterocycles. The Hall–Kier alpha value is -1.85. The van der Waals surface area contributed by atoms with Crippen molar-refractivity contribution in [2.45, 2.75) is 33.1 Å². The number of aromatic nitrogens is 2. The molecule has 1 amide bonds. The lowest BCUT2D eigenvalue weighted by Crippen LogP contribution is -2.39. The van der Waals surface area contributed by atoms with Gasteiger partial charge in [0.05, 0.1) is 0 Å². The molecule has 2 rings (SSSR count). The number of hydrogen-bond donors (Lipinski definition) is 2. The minimum atomic E-state index is 0.0557. The van der Waals surface area contributed by atoms with Crippen LogP contribution >= 0.6 is 0 Å². The molecule has 0 radical (unpaired) electrons. The molecule has 2 heterocycles. The average molecular weight is 291 g/mol. The van der Waals surface area contributed by atoms with Crippen molar-refractivity contribution in [3.05, 3.63) is 11.9 Å². The molecule has 6 heteroatoms. The van der Waals surface area contributed by atoms with Gasteiger partial charge in [-0.2, -0.15) is 0 Å². The zero-order valence-corrected chi connectivity index (χ0v) is 13.1. The van der Waals surface area contributed by atoms with E-state index in [1.807, 2.05) is 7.05 Å². The number of anilines is 2. The van der Waals surface area contributed by atoms with Gasteiger partial charge in [0.15, 0.2) is 0 Å². The molecule has 1 aromatic heterocycles. The Kier molecular flexibility index (Phi) is 5.36. The molecule has 0 spiro atoms. The molecule has 0 bridgehead atoms. The van der Waals surface area contributed by atoms with E-state index in [9.17, 15) is 4.79 Å². The molecule has 0 saturated carbocycles. The van der Waals surface area contributed by atoms with Crippen LogP contribution in [0, 0.1) is 5.92 Å². The zero-order chi connectivity index (χ0) is 15.2. The van der Waals surface area contributed by atoms with Crippen LogP contribution < -0.4 is 15.5 Å². The quantitative estimate of drug-likeness (QED) is 0.859. The standard InChI is InChI=1S/C15H25N5O/c1-4-13-14(16-3)18-10-19-15(13)20-7-5-12(6-8-20)9-17-11(2)21/h10,12H,4-9H2,1-3H3,(H,17,21)(H,16,18,19). The summed E-state index contributed by atoms with van der Waals surface area (Å²) < 4.78 is 0. The van der Waals surface area contributed by atoms with Crippen LogP contribution in [-0.2, 0) is 11.2 Å². The van der Waals surface area contributed by atoms with Crippen LogP contribution in [-0.4, -0.2) is 42.6 Å². The highest BCUT2D eigenvalue weighted by Crippen LogP contribution is 2.27. The Bertz CT molecular complexity index is 483. The number of piperidine rings is 1. The van der Waals surface area contributed by atoms with Gasteiger partial charge in [0.25, 0.3) is 0 Å². The molecular formula is C15H25N5O. The summed E-state index contributed by atoms with van der Waals surface area (Å²) in [6, 6.07) is 0. The van der Waals surface area contributed by atoms with Crippen molar-refractivity contribution < 1.29 is 4.79 Å². The topological polar surface area (TPSA) is 70.2 Å². The van der Waals surface area contributed by atoms with E-state index in [0.29, 0.717) is 5.92 Å². The van der Waals surface area contributed by atoms with Gasteiger partial charge in [-0.05, 0) is 25.2 Å². The number of carbonyl (C=O) groups is 1. The number of amides is 1. The van der Waals surface area contributed by atoms with Crippen LogP contribution in [0.4, 0.5) is 11.6 Å². The number of rotatable bonds is 5. The SMILES string of the molecule is CCc1c(NC)ncnc1N1CCC(CNC(C)=O)CC1. The van der Waals surface area contributed by atoms with Gasteiger partial charge in [-0.3, -0.25) is 4.79 Å². The number of hydrogen-bond acceptors (Lipinski definition) is 5. The second kappa shape index (κ2) is 7.24. The van der Waals surface area contributed by atoms with Crippen molar-refractivity contribution in [1.82, 2.24) is 15.3 Å². The minimum absolute atomic E-state index is 0.0557. The van der Waals surface area contributed by atoms with Crippen molar-refractivity contribution >= 4 is 17.5 Å². The Morgan fingerprint density at radius 1 is 1.38 bits per heavy atom. The lowest BCUT2D eigenvalue weighted by Gasteiger charge is -2.34. The molecule has 1 aromatic rings. The molecule has 1 saturated heterocycles. The summed E-state index contributed by atoms with van der Waals surface area (Å²) in [5.74, 6) is 2.60. The first-order chi connectivity index (χ1) is 10.2. The lowest BCUT2D eigenvalue weighted by molar-refractivity contribution is -0.119. The highest BCUT2D eigenvalue weighted by Gasteiger charge is 2.22. The lowest BCUT2D eigenvalue weighted by atomic mass is 9.96. The zero-order valence-electron chi connectivity index (χ0n) is 13.1. The molecule has 1 aliphatic rings. The van der Waals surface area contributed by atoms with Crippen LogP contribution in [0.25, 0.3) is 0 Å². The van der Waals surface area contributed by atoms with Crippen LogP contribution in [0.3, 0.4) is 0 Å². The summed E-state index contributed by atoms with van der Waals surface area (Å²) in [5.41, 5.74) is 1.18. The third kappa shape index (κ3) is 3.83. The Balaban J connectivity index is 2.00. The largest absolute Gasteiger partial charge is 0.373 e. The molecule has 1 fully saturated rings. The highest BCUT2D eigenvalue weighted by molar-refractivity contribution is 5.72. The van der Waals surface area contributed by atoms with E-state index in [2.05, 4.69) is 32.4 Å². The van der Waals surface area contributed by atoms with Crippen molar-refractivity contribution in [2.24, 2.45) is 5.92 Å². The third-order valence-corrected chi connectivity index (χ3v) is 4.07. The maximum atomic E-state index is 11.0. The highest BCUT2D eigenvalue weighted by atomic mass is 16.1. The Morgan fingerprint density at radius 2 is 2.10 bits per heavy atom.